The molecule has 9 nitrogen and oxygen atoms in total. The van der Waals surface area contributed by atoms with Crippen molar-refractivity contribution in [2.45, 2.75) is 19.9 Å². The lowest BCUT2D eigenvalue weighted by Gasteiger charge is -2.23. The van der Waals surface area contributed by atoms with Crippen LogP contribution in [-0.2, 0) is 9.53 Å². The standard InChI is InChI=1S/C29H30N2O7S/c1-6-13-38-21-11-9-18(14-23(21)34-4)15-25-27(32)31-26(20(28(33)35-5)17-30-29(31)39-25)19-10-12-22(36-7-2)24(16-19)37-8-3/h6,9-12,14-17,26H,1,7-8,13H2,2-5H3/b25-15-/t26-/m0/s1. The van der Waals surface area contributed by atoms with E-state index in [1.165, 1.54) is 29.2 Å². The summed E-state index contributed by atoms with van der Waals surface area (Å²) < 4.78 is 29.6. The Morgan fingerprint density at radius 1 is 1.03 bits per heavy atom. The normalized spacial score (nSPS) is 14.5. The van der Waals surface area contributed by atoms with Gasteiger partial charge in [-0.2, -0.15) is 0 Å². The Balaban J connectivity index is 1.85. The van der Waals surface area contributed by atoms with Crippen LogP contribution in [0.4, 0.5) is 0 Å². The first-order valence-corrected chi connectivity index (χ1v) is 13.2. The summed E-state index contributed by atoms with van der Waals surface area (Å²) in [6.07, 6.45) is 4.86. The number of thiazole rings is 1. The first kappa shape index (κ1) is 27.7. The fraction of sp³-hybridized carbons (Fsp3) is 0.276. The highest BCUT2D eigenvalue weighted by Gasteiger charge is 2.31. The molecule has 1 aliphatic heterocycles. The molecule has 0 saturated heterocycles. The van der Waals surface area contributed by atoms with Crippen LogP contribution in [0.15, 0.2) is 70.6 Å². The minimum atomic E-state index is -0.769. The molecule has 0 unspecified atom stereocenters. The molecule has 3 aromatic rings. The second-order valence-corrected chi connectivity index (χ2v) is 9.27. The van der Waals surface area contributed by atoms with E-state index < -0.39 is 12.0 Å². The van der Waals surface area contributed by atoms with Crippen LogP contribution in [0.25, 0.3) is 6.08 Å². The maximum absolute atomic E-state index is 13.8. The van der Waals surface area contributed by atoms with Crippen LogP contribution >= 0.6 is 11.3 Å². The number of rotatable bonds is 11. The van der Waals surface area contributed by atoms with Gasteiger partial charge in [0.1, 0.15) is 6.61 Å². The van der Waals surface area contributed by atoms with E-state index in [1.54, 1.807) is 43.5 Å². The van der Waals surface area contributed by atoms with Crippen LogP contribution in [0.1, 0.15) is 31.0 Å². The number of fused-ring (bicyclic) bond motifs is 1. The summed E-state index contributed by atoms with van der Waals surface area (Å²) in [7, 11) is 2.85. The van der Waals surface area contributed by atoms with Crippen molar-refractivity contribution in [1.29, 1.82) is 0 Å². The van der Waals surface area contributed by atoms with E-state index in [0.717, 1.165) is 5.56 Å². The predicted octanol–water partition coefficient (Wildman–Crippen LogP) is 3.39. The van der Waals surface area contributed by atoms with Gasteiger partial charge < -0.3 is 23.7 Å². The average molecular weight is 551 g/mol. The summed E-state index contributed by atoms with van der Waals surface area (Å²) in [5.41, 5.74) is 1.34. The predicted molar refractivity (Wildman–Crippen MR) is 149 cm³/mol. The number of hydrogen-bond acceptors (Lipinski definition) is 9. The van der Waals surface area contributed by atoms with Crippen LogP contribution in [-0.4, -0.2) is 44.6 Å². The monoisotopic (exact) mass is 550 g/mol. The van der Waals surface area contributed by atoms with E-state index in [-0.39, 0.29) is 11.1 Å². The first-order valence-electron chi connectivity index (χ1n) is 12.4. The number of hydrogen-bond donors (Lipinski definition) is 0. The second kappa shape index (κ2) is 12.5. The minimum Gasteiger partial charge on any atom is -0.493 e. The van der Waals surface area contributed by atoms with E-state index in [2.05, 4.69) is 11.6 Å². The minimum absolute atomic E-state index is 0.230. The molecule has 0 aliphatic carbocycles. The van der Waals surface area contributed by atoms with Crippen LogP contribution in [0.5, 0.6) is 23.0 Å². The zero-order valence-corrected chi connectivity index (χ0v) is 23.1. The summed E-state index contributed by atoms with van der Waals surface area (Å²) in [5.74, 6) is 1.62. The topological polar surface area (TPSA) is 97.6 Å². The van der Waals surface area contributed by atoms with Crippen LogP contribution < -0.4 is 33.8 Å². The Morgan fingerprint density at radius 3 is 2.44 bits per heavy atom. The third kappa shape index (κ3) is 5.75. The van der Waals surface area contributed by atoms with Gasteiger partial charge in [0, 0.05) is 6.20 Å². The molecular weight excluding hydrogens is 520 g/mol. The summed E-state index contributed by atoms with van der Waals surface area (Å²) in [6.45, 7) is 8.65. The molecule has 1 aliphatic rings. The molecule has 0 radical (unpaired) electrons. The van der Waals surface area contributed by atoms with Crippen molar-refractivity contribution in [2.24, 2.45) is 4.99 Å². The molecular formula is C29H30N2O7S. The number of esters is 1. The highest BCUT2D eigenvalue weighted by molar-refractivity contribution is 7.07. The Kier molecular flexibility index (Phi) is 8.88. The van der Waals surface area contributed by atoms with Crippen molar-refractivity contribution in [2.75, 3.05) is 34.0 Å². The lowest BCUT2D eigenvalue weighted by atomic mass is 9.97. The smallest absolute Gasteiger partial charge is 0.337 e. The Bertz CT molecular complexity index is 1590. The highest BCUT2D eigenvalue weighted by Crippen LogP contribution is 2.35. The van der Waals surface area contributed by atoms with Crippen molar-refractivity contribution in [3.05, 3.63) is 91.6 Å². The molecule has 0 N–H and O–H groups in total. The van der Waals surface area contributed by atoms with Gasteiger partial charge in [-0.15, -0.1) is 0 Å². The molecule has 2 heterocycles. The number of carbonyl (C=O) groups excluding carboxylic acids is 1. The van der Waals surface area contributed by atoms with Gasteiger partial charge in [-0.25, -0.2) is 9.79 Å². The SMILES string of the molecule is C=CCOc1ccc(/C=c2\sc3n(c2=O)[C@@H](c2ccc(OCC)c(OCC)c2)C(C(=O)OC)=CN=3)cc1OC. The molecule has 0 spiro atoms. The molecule has 0 fully saturated rings. The molecule has 1 atom stereocenters. The van der Waals surface area contributed by atoms with Gasteiger partial charge in [0.25, 0.3) is 5.56 Å². The number of carbonyl (C=O) groups is 1. The number of nitrogens with zero attached hydrogens (tertiary/aromatic N) is 2. The highest BCUT2D eigenvalue weighted by atomic mass is 32.1. The summed E-state index contributed by atoms with van der Waals surface area (Å²) >= 11 is 1.22. The largest absolute Gasteiger partial charge is 0.493 e. The number of benzene rings is 2. The summed E-state index contributed by atoms with van der Waals surface area (Å²) in [4.78, 5) is 31.4. The van der Waals surface area contributed by atoms with Gasteiger partial charge in [0.05, 0.1) is 43.6 Å². The zero-order chi connectivity index (χ0) is 27.9. The zero-order valence-electron chi connectivity index (χ0n) is 22.3. The Hall–Kier alpha value is -4.31. The lowest BCUT2D eigenvalue weighted by molar-refractivity contribution is -0.136. The van der Waals surface area contributed by atoms with Gasteiger partial charge >= 0.3 is 5.97 Å². The molecule has 0 bridgehead atoms. The Labute approximate surface area is 229 Å². The lowest BCUT2D eigenvalue weighted by Crippen LogP contribution is -2.39. The number of aromatic nitrogens is 1. The van der Waals surface area contributed by atoms with Crippen LogP contribution in [0.2, 0.25) is 0 Å². The number of ether oxygens (including phenoxy) is 5. The molecule has 10 heteroatoms. The fourth-order valence-corrected chi connectivity index (χ4v) is 5.15. The Morgan fingerprint density at radius 2 is 1.74 bits per heavy atom. The van der Waals surface area contributed by atoms with Crippen LogP contribution in [0.3, 0.4) is 0 Å². The molecule has 0 amide bonds. The second-order valence-electron chi connectivity index (χ2n) is 8.26. The molecule has 204 valence electrons. The third-order valence-corrected chi connectivity index (χ3v) is 6.85. The number of methoxy groups -OCH3 is 2. The quantitative estimate of drug-likeness (QED) is 0.267. The third-order valence-electron chi connectivity index (χ3n) is 5.85. The molecule has 1 aromatic heterocycles. The van der Waals surface area contributed by atoms with Gasteiger partial charge in [-0.3, -0.25) is 9.36 Å². The van der Waals surface area contributed by atoms with E-state index in [9.17, 15) is 9.59 Å². The maximum Gasteiger partial charge on any atom is 0.337 e. The molecule has 4 rings (SSSR count). The molecule has 39 heavy (non-hydrogen) atoms. The maximum atomic E-state index is 13.8. The van der Waals surface area contributed by atoms with Gasteiger partial charge in [0.15, 0.2) is 27.8 Å². The van der Waals surface area contributed by atoms with E-state index in [0.29, 0.717) is 57.7 Å². The van der Waals surface area contributed by atoms with E-state index >= 15 is 0 Å². The first-order chi connectivity index (χ1) is 18.9. The van der Waals surface area contributed by atoms with E-state index in [4.69, 9.17) is 23.7 Å². The van der Waals surface area contributed by atoms with Crippen molar-refractivity contribution in [3.8, 4) is 23.0 Å². The van der Waals surface area contributed by atoms with Gasteiger partial charge in [-0.05, 0) is 55.3 Å². The van der Waals surface area contributed by atoms with Crippen molar-refractivity contribution >= 4 is 23.4 Å². The van der Waals surface area contributed by atoms with Gasteiger partial charge in [0.2, 0.25) is 0 Å². The average Bonchev–Trinajstić information content (AvgIpc) is 3.27. The van der Waals surface area contributed by atoms with Crippen LogP contribution in [0, 0.1) is 0 Å². The van der Waals surface area contributed by atoms with Gasteiger partial charge in [-0.1, -0.05) is 36.1 Å². The fourth-order valence-electron chi connectivity index (χ4n) is 4.18. The van der Waals surface area contributed by atoms with Crippen molar-refractivity contribution in [1.82, 2.24) is 4.57 Å². The molecule has 2 aromatic carbocycles. The molecule has 0 saturated carbocycles. The summed E-state index contributed by atoms with van der Waals surface area (Å²) in [6, 6.07) is 9.99. The van der Waals surface area contributed by atoms with Crippen molar-refractivity contribution < 1.29 is 28.5 Å². The summed E-state index contributed by atoms with van der Waals surface area (Å²) in [5, 5.41) is 0. The van der Waals surface area contributed by atoms with E-state index in [1.807, 2.05) is 26.0 Å². The van der Waals surface area contributed by atoms with Crippen molar-refractivity contribution in [3.63, 3.8) is 0 Å².